The van der Waals surface area contributed by atoms with E-state index in [-0.39, 0.29) is 17.5 Å². The van der Waals surface area contributed by atoms with Crippen LogP contribution in [0.25, 0.3) is 10.8 Å². The maximum atomic E-state index is 13.2. The molecule has 1 aromatic heterocycles. The summed E-state index contributed by atoms with van der Waals surface area (Å²) in [5, 5.41) is 8.99. The second kappa shape index (κ2) is 10.1. The van der Waals surface area contributed by atoms with Crippen molar-refractivity contribution in [3.8, 4) is 0 Å². The second-order valence-corrected chi connectivity index (χ2v) is 8.19. The van der Waals surface area contributed by atoms with Crippen LogP contribution in [0.2, 0.25) is 0 Å². The van der Waals surface area contributed by atoms with Crippen LogP contribution in [0.3, 0.4) is 0 Å². The third-order valence-electron chi connectivity index (χ3n) is 5.94. The zero-order valence-corrected chi connectivity index (χ0v) is 18.3. The van der Waals surface area contributed by atoms with E-state index in [1.165, 1.54) is 17.6 Å². The van der Waals surface area contributed by atoms with Crippen LogP contribution in [0.4, 0.5) is 5.69 Å². The summed E-state index contributed by atoms with van der Waals surface area (Å²) in [7, 11) is 0. The number of anilines is 1. The first-order valence-corrected chi connectivity index (χ1v) is 11.0. The first kappa shape index (κ1) is 22.3. The SMILES string of the molecule is N/C=C\N(N)Cc1ccc(C(=O)Nc2cccnc2C(=O)NCC2CCC2)c2ccccc12. The van der Waals surface area contributed by atoms with E-state index in [1.807, 2.05) is 30.3 Å². The van der Waals surface area contributed by atoms with E-state index in [4.69, 9.17) is 11.6 Å². The Labute approximate surface area is 192 Å². The molecule has 2 aromatic carbocycles. The van der Waals surface area contributed by atoms with E-state index in [0.29, 0.717) is 30.3 Å². The molecule has 0 atom stereocenters. The summed E-state index contributed by atoms with van der Waals surface area (Å²) in [6.45, 7) is 1.07. The summed E-state index contributed by atoms with van der Waals surface area (Å²) in [4.78, 5) is 30.1. The second-order valence-electron chi connectivity index (χ2n) is 8.19. The standard InChI is InChI=1S/C25H28N6O2/c26-12-14-31(27)16-18-10-11-21(20-8-2-1-7-19(18)20)24(32)30-22-9-4-13-28-23(22)25(33)29-15-17-5-3-6-17/h1-2,4,7-14,17H,3,5-6,15-16,26-27H2,(H,29,33)(H,30,32)/b14-12-. The van der Waals surface area contributed by atoms with E-state index in [2.05, 4.69) is 15.6 Å². The number of nitrogens with one attached hydrogen (secondary N) is 2. The highest BCUT2D eigenvalue weighted by atomic mass is 16.2. The van der Waals surface area contributed by atoms with Crippen molar-refractivity contribution in [3.63, 3.8) is 0 Å². The van der Waals surface area contributed by atoms with Crippen molar-refractivity contribution in [2.75, 3.05) is 11.9 Å². The Hall–Kier alpha value is -3.91. The fourth-order valence-corrected chi connectivity index (χ4v) is 3.95. The first-order chi connectivity index (χ1) is 16.1. The minimum atomic E-state index is -0.315. The highest BCUT2D eigenvalue weighted by Gasteiger charge is 2.21. The molecule has 1 saturated carbocycles. The van der Waals surface area contributed by atoms with Gasteiger partial charge in [0.2, 0.25) is 0 Å². The van der Waals surface area contributed by atoms with Gasteiger partial charge in [-0.3, -0.25) is 9.59 Å². The number of fused-ring (bicyclic) bond motifs is 1. The maximum absolute atomic E-state index is 13.2. The molecule has 0 aliphatic heterocycles. The fourth-order valence-electron chi connectivity index (χ4n) is 3.95. The molecular weight excluding hydrogens is 416 g/mol. The van der Waals surface area contributed by atoms with Gasteiger partial charge in [0.15, 0.2) is 5.69 Å². The minimum absolute atomic E-state index is 0.207. The lowest BCUT2D eigenvalue weighted by atomic mass is 9.85. The van der Waals surface area contributed by atoms with Gasteiger partial charge in [0.1, 0.15) is 0 Å². The monoisotopic (exact) mass is 444 g/mol. The number of hydrogen-bond donors (Lipinski definition) is 4. The number of aromatic nitrogens is 1. The topological polar surface area (TPSA) is 126 Å². The molecule has 1 fully saturated rings. The van der Waals surface area contributed by atoms with Crippen LogP contribution in [0.1, 0.15) is 45.7 Å². The number of benzene rings is 2. The highest BCUT2D eigenvalue weighted by molar-refractivity contribution is 6.15. The molecule has 0 radical (unpaired) electrons. The zero-order valence-electron chi connectivity index (χ0n) is 18.3. The number of nitrogens with two attached hydrogens (primary N) is 2. The molecule has 0 saturated heterocycles. The summed E-state index contributed by atoms with van der Waals surface area (Å²) in [6, 6.07) is 14.7. The molecule has 1 aliphatic carbocycles. The largest absolute Gasteiger partial charge is 0.403 e. The quantitative estimate of drug-likeness (QED) is 0.312. The summed E-state index contributed by atoms with van der Waals surface area (Å²) in [6.07, 6.45) is 7.99. The van der Waals surface area contributed by atoms with Crippen molar-refractivity contribution in [2.24, 2.45) is 17.5 Å². The van der Waals surface area contributed by atoms with Crippen LogP contribution >= 0.6 is 0 Å². The van der Waals surface area contributed by atoms with Crippen molar-refractivity contribution in [1.29, 1.82) is 0 Å². The third-order valence-corrected chi connectivity index (χ3v) is 5.94. The Bertz CT molecular complexity index is 1190. The highest BCUT2D eigenvalue weighted by Crippen LogP contribution is 2.26. The van der Waals surface area contributed by atoms with Gasteiger partial charge >= 0.3 is 0 Å². The molecule has 3 aromatic rings. The van der Waals surface area contributed by atoms with Crippen molar-refractivity contribution >= 4 is 28.3 Å². The molecule has 4 rings (SSSR count). The number of rotatable bonds is 8. The number of carbonyl (C=O) groups is 2. The maximum Gasteiger partial charge on any atom is 0.272 e. The van der Waals surface area contributed by atoms with Gasteiger partial charge in [-0.05, 0) is 53.3 Å². The van der Waals surface area contributed by atoms with Gasteiger partial charge in [0.05, 0.1) is 12.2 Å². The lowest BCUT2D eigenvalue weighted by Crippen LogP contribution is -2.33. The molecule has 0 bridgehead atoms. The first-order valence-electron chi connectivity index (χ1n) is 11.0. The summed E-state index contributed by atoms with van der Waals surface area (Å²) in [5.74, 6) is 5.89. The Balaban J connectivity index is 1.57. The van der Waals surface area contributed by atoms with Crippen LogP contribution in [0, 0.1) is 5.92 Å². The number of pyridine rings is 1. The van der Waals surface area contributed by atoms with Gasteiger partial charge in [0.25, 0.3) is 11.8 Å². The van der Waals surface area contributed by atoms with Crippen LogP contribution in [-0.2, 0) is 6.54 Å². The molecule has 0 unspecified atom stereocenters. The van der Waals surface area contributed by atoms with E-state index >= 15 is 0 Å². The Morgan fingerprint density at radius 2 is 1.85 bits per heavy atom. The van der Waals surface area contributed by atoms with E-state index < -0.39 is 0 Å². The summed E-state index contributed by atoms with van der Waals surface area (Å²) in [5.41, 5.74) is 7.46. The number of carbonyl (C=O) groups excluding carboxylic acids is 2. The molecule has 2 amide bonds. The van der Waals surface area contributed by atoms with Crippen LogP contribution in [0.5, 0.6) is 0 Å². The number of hydrazine groups is 1. The molecule has 170 valence electrons. The van der Waals surface area contributed by atoms with Crippen LogP contribution < -0.4 is 22.2 Å². The molecule has 33 heavy (non-hydrogen) atoms. The van der Waals surface area contributed by atoms with Crippen LogP contribution in [0.15, 0.2) is 67.1 Å². The molecule has 8 heteroatoms. The number of hydrogen-bond acceptors (Lipinski definition) is 6. The van der Waals surface area contributed by atoms with Gasteiger partial charge in [-0.1, -0.05) is 36.8 Å². The minimum Gasteiger partial charge on any atom is -0.403 e. The van der Waals surface area contributed by atoms with E-state index in [0.717, 1.165) is 29.2 Å². The predicted molar refractivity (Wildman–Crippen MR) is 129 cm³/mol. The fraction of sp³-hybridized carbons (Fsp3) is 0.240. The third kappa shape index (κ3) is 5.12. The van der Waals surface area contributed by atoms with Gasteiger partial charge in [-0.25, -0.2) is 10.8 Å². The summed E-state index contributed by atoms with van der Waals surface area (Å²) < 4.78 is 0. The van der Waals surface area contributed by atoms with Gasteiger partial charge in [-0.15, -0.1) is 0 Å². The molecular formula is C25H28N6O2. The van der Waals surface area contributed by atoms with E-state index in [9.17, 15) is 9.59 Å². The Morgan fingerprint density at radius 3 is 2.58 bits per heavy atom. The molecule has 0 spiro atoms. The molecule has 1 heterocycles. The molecule has 1 aliphatic rings. The van der Waals surface area contributed by atoms with Crippen LogP contribution in [-0.4, -0.2) is 28.4 Å². The Morgan fingerprint density at radius 1 is 1.06 bits per heavy atom. The van der Waals surface area contributed by atoms with E-state index in [1.54, 1.807) is 30.6 Å². The lowest BCUT2D eigenvalue weighted by Gasteiger charge is -2.25. The molecule has 6 N–H and O–H groups in total. The lowest BCUT2D eigenvalue weighted by molar-refractivity contribution is 0.0935. The van der Waals surface area contributed by atoms with Gasteiger partial charge < -0.3 is 21.4 Å². The van der Waals surface area contributed by atoms with Crippen molar-refractivity contribution in [1.82, 2.24) is 15.3 Å². The number of nitrogens with zero attached hydrogens (tertiary/aromatic N) is 2. The average Bonchev–Trinajstić information content (AvgIpc) is 2.78. The summed E-state index contributed by atoms with van der Waals surface area (Å²) >= 11 is 0. The van der Waals surface area contributed by atoms with Crippen molar-refractivity contribution < 1.29 is 9.59 Å². The number of amides is 2. The van der Waals surface area contributed by atoms with Gasteiger partial charge in [-0.2, -0.15) is 0 Å². The predicted octanol–water partition coefficient (Wildman–Crippen LogP) is 3.12. The van der Waals surface area contributed by atoms with Crippen molar-refractivity contribution in [2.45, 2.75) is 25.8 Å². The Kier molecular flexibility index (Phi) is 6.85. The normalized spacial score (nSPS) is 13.6. The van der Waals surface area contributed by atoms with Crippen molar-refractivity contribution in [3.05, 3.63) is 83.9 Å². The average molecular weight is 445 g/mol. The molecule has 8 nitrogen and oxygen atoms in total. The van der Waals surface area contributed by atoms with Gasteiger partial charge in [0, 0.05) is 30.7 Å². The smallest absolute Gasteiger partial charge is 0.272 e. The zero-order chi connectivity index (χ0) is 23.2.